The van der Waals surface area contributed by atoms with Gasteiger partial charge in [0.2, 0.25) is 16.9 Å². The van der Waals surface area contributed by atoms with Crippen LogP contribution in [0.15, 0.2) is 33.9 Å². The highest BCUT2D eigenvalue weighted by Gasteiger charge is 2.31. The number of aromatic nitrogens is 6. The molecule has 1 aromatic carbocycles. The van der Waals surface area contributed by atoms with E-state index in [2.05, 4.69) is 25.7 Å². The summed E-state index contributed by atoms with van der Waals surface area (Å²) in [6, 6.07) is 4.77. The third-order valence-corrected chi connectivity index (χ3v) is 4.21. The number of thioether (sulfide) groups is 1. The first-order chi connectivity index (χ1) is 11.3. The van der Waals surface area contributed by atoms with Crippen molar-refractivity contribution >= 4 is 11.8 Å². The fourth-order valence-electron chi connectivity index (χ4n) is 1.88. The minimum atomic E-state index is -4.43. The molecule has 1 atom stereocenters. The van der Waals surface area contributed by atoms with Gasteiger partial charge in [0.25, 0.3) is 0 Å². The molecule has 0 spiro atoms. The third kappa shape index (κ3) is 3.40. The van der Waals surface area contributed by atoms with E-state index in [0.717, 1.165) is 12.1 Å². The van der Waals surface area contributed by atoms with Crippen LogP contribution in [-0.4, -0.2) is 30.3 Å². The monoisotopic (exact) mass is 356 g/mol. The summed E-state index contributed by atoms with van der Waals surface area (Å²) in [7, 11) is 1.69. The van der Waals surface area contributed by atoms with Crippen molar-refractivity contribution in [1.29, 1.82) is 0 Å². The maximum absolute atomic E-state index is 12.8. The van der Waals surface area contributed by atoms with E-state index in [9.17, 15) is 13.2 Å². The molecule has 11 heteroatoms. The smallest absolute Gasteiger partial charge is 0.338 e. The Balaban J connectivity index is 1.82. The molecule has 0 radical (unpaired) electrons. The average Bonchev–Trinajstić information content (AvgIpc) is 3.16. The molecule has 0 N–H and O–H groups in total. The van der Waals surface area contributed by atoms with E-state index < -0.39 is 11.7 Å². The number of nitrogens with zero attached hydrogens (tertiary/aromatic N) is 6. The van der Waals surface area contributed by atoms with Crippen molar-refractivity contribution in [3.05, 3.63) is 35.7 Å². The highest BCUT2D eigenvalue weighted by Crippen LogP contribution is 2.34. The topological polar surface area (TPSA) is 82.5 Å². The Bertz CT molecular complexity index is 846. The Morgan fingerprint density at radius 1 is 1.29 bits per heavy atom. The van der Waals surface area contributed by atoms with Crippen LogP contribution in [0.2, 0.25) is 0 Å². The zero-order chi connectivity index (χ0) is 17.3. The first kappa shape index (κ1) is 16.4. The predicted molar refractivity (Wildman–Crippen MR) is 77.8 cm³/mol. The van der Waals surface area contributed by atoms with E-state index in [0.29, 0.717) is 5.16 Å². The number of benzene rings is 1. The molecule has 3 rings (SSSR count). The molecule has 3 aromatic rings. The summed E-state index contributed by atoms with van der Waals surface area (Å²) >= 11 is 1.30. The van der Waals surface area contributed by atoms with Gasteiger partial charge >= 0.3 is 6.18 Å². The van der Waals surface area contributed by atoms with Crippen LogP contribution in [0.4, 0.5) is 13.2 Å². The molecule has 2 heterocycles. The van der Waals surface area contributed by atoms with Gasteiger partial charge in [-0.05, 0) is 29.5 Å². The van der Waals surface area contributed by atoms with Gasteiger partial charge in [-0.1, -0.05) is 29.1 Å². The molecule has 0 aliphatic rings. The van der Waals surface area contributed by atoms with Crippen LogP contribution >= 0.6 is 11.8 Å². The number of alkyl halides is 3. The first-order valence-corrected chi connectivity index (χ1v) is 7.63. The lowest BCUT2D eigenvalue weighted by molar-refractivity contribution is -0.137. The highest BCUT2D eigenvalue weighted by atomic mass is 32.2. The Hall–Kier alpha value is -2.43. The van der Waals surface area contributed by atoms with Crippen molar-refractivity contribution in [1.82, 2.24) is 30.3 Å². The van der Waals surface area contributed by atoms with Gasteiger partial charge in [-0.25, -0.2) is 4.68 Å². The average molecular weight is 356 g/mol. The highest BCUT2D eigenvalue weighted by molar-refractivity contribution is 7.99. The standard InChI is InChI=1S/C13H11F3N6OS/c1-7(24-12-18-20-21-22(12)2)11-17-10(19-23-11)8-4-3-5-9(6-8)13(14,15)16/h3-7H,1-2H3/t7-/m1/s1. The molecule has 0 saturated heterocycles. The van der Waals surface area contributed by atoms with E-state index in [1.165, 1.54) is 28.6 Å². The van der Waals surface area contributed by atoms with Gasteiger partial charge in [-0.15, -0.1) is 5.10 Å². The maximum Gasteiger partial charge on any atom is 0.416 e. The summed E-state index contributed by atoms with van der Waals surface area (Å²) in [5, 5.41) is 15.1. The van der Waals surface area contributed by atoms with Crippen LogP contribution in [0.3, 0.4) is 0 Å². The normalized spacial score (nSPS) is 13.2. The Morgan fingerprint density at radius 2 is 2.08 bits per heavy atom. The molecule has 2 aromatic heterocycles. The molecule has 0 unspecified atom stereocenters. The van der Waals surface area contributed by atoms with Crippen molar-refractivity contribution in [2.45, 2.75) is 23.5 Å². The van der Waals surface area contributed by atoms with Crippen LogP contribution in [0, 0.1) is 0 Å². The molecule has 0 aliphatic heterocycles. The van der Waals surface area contributed by atoms with Crippen LogP contribution < -0.4 is 0 Å². The zero-order valence-corrected chi connectivity index (χ0v) is 13.3. The lowest BCUT2D eigenvalue weighted by Crippen LogP contribution is -2.04. The number of halogens is 3. The number of tetrazole rings is 1. The molecule has 0 aliphatic carbocycles. The van der Waals surface area contributed by atoms with Gasteiger partial charge in [0.1, 0.15) is 0 Å². The van der Waals surface area contributed by atoms with Crippen LogP contribution in [0.25, 0.3) is 11.4 Å². The Morgan fingerprint density at radius 3 is 2.75 bits per heavy atom. The lowest BCUT2D eigenvalue weighted by Gasteiger charge is -2.06. The van der Waals surface area contributed by atoms with Crippen LogP contribution in [0.1, 0.15) is 23.6 Å². The second-order valence-corrected chi connectivity index (χ2v) is 6.19. The van der Waals surface area contributed by atoms with E-state index >= 15 is 0 Å². The van der Waals surface area contributed by atoms with E-state index in [1.807, 2.05) is 6.92 Å². The zero-order valence-electron chi connectivity index (χ0n) is 12.5. The number of hydrogen-bond acceptors (Lipinski definition) is 7. The summed E-state index contributed by atoms with van der Waals surface area (Å²) in [6.07, 6.45) is -4.43. The van der Waals surface area contributed by atoms with Gasteiger partial charge in [-0.2, -0.15) is 18.2 Å². The molecule has 0 fully saturated rings. The fourth-order valence-corrected chi connectivity index (χ4v) is 2.67. The number of aryl methyl sites for hydroxylation is 1. The van der Waals surface area contributed by atoms with Crippen LogP contribution in [-0.2, 0) is 13.2 Å². The maximum atomic E-state index is 12.8. The molecule has 0 bridgehead atoms. The summed E-state index contributed by atoms with van der Waals surface area (Å²) in [6.45, 7) is 1.81. The van der Waals surface area contributed by atoms with Crippen molar-refractivity contribution in [3.8, 4) is 11.4 Å². The van der Waals surface area contributed by atoms with Gasteiger partial charge in [-0.3, -0.25) is 0 Å². The summed E-state index contributed by atoms with van der Waals surface area (Å²) in [4.78, 5) is 4.17. The van der Waals surface area contributed by atoms with Crippen molar-refractivity contribution in [2.24, 2.45) is 7.05 Å². The third-order valence-electron chi connectivity index (χ3n) is 3.10. The second kappa shape index (κ2) is 6.23. The summed E-state index contributed by atoms with van der Waals surface area (Å²) in [5.41, 5.74) is -0.531. The van der Waals surface area contributed by atoms with Crippen molar-refractivity contribution in [2.75, 3.05) is 0 Å². The fraction of sp³-hybridized carbons (Fsp3) is 0.308. The lowest BCUT2D eigenvalue weighted by atomic mass is 10.1. The molecule has 24 heavy (non-hydrogen) atoms. The molecular weight excluding hydrogens is 345 g/mol. The molecule has 0 amide bonds. The SMILES string of the molecule is C[C@@H](Sc1nnnn1C)c1nc(-c2cccc(C(F)(F)F)c2)no1. The molecule has 126 valence electrons. The van der Waals surface area contributed by atoms with E-state index in [4.69, 9.17) is 4.52 Å². The number of hydrogen-bond donors (Lipinski definition) is 0. The minimum Gasteiger partial charge on any atom is -0.338 e. The van der Waals surface area contributed by atoms with Crippen molar-refractivity contribution < 1.29 is 17.7 Å². The quantitative estimate of drug-likeness (QED) is 0.664. The predicted octanol–water partition coefficient (Wildman–Crippen LogP) is 3.13. The minimum absolute atomic E-state index is 0.0969. The van der Waals surface area contributed by atoms with Gasteiger partial charge in [0.15, 0.2) is 0 Å². The van der Waals surface area contributed by atoms with E-state index in [-0.39, 0.29) is 22.5 Å². The first-order valence-electron chi connectivity index (χ1n) is 6.75. The van der Waals surface area contributed by atoms with E-state index in [1.54, 1.807) is 7.05 Å². The second-order valence-electron chi connectivity index (χ2n) is 4.88. The van der Waals surface area contributed by atoms with Gasteiger partial charge < -0.3 is 4.52 Å². The van der Waals surface area contributed by atoms with Gasteiger partial charge in [0.05, 0.1) is 10.8 Å². The molecule has 7 nitrogen and oxygen atoms in total. The number of rotatable bonds is 4. The van der Waals surface area contributed by atoms with Gasteiger partial charge in [0, 0.05) is 12.6 Å². The molecular formula is C13H11F3N6OS. The summed E-state index contributed by atoms with van der Waals surface area (Å²) in [5.74, 6) is 0.370. The Labute approximate surface area is 138 Å². The largest absolute Gasteiger partial charge is 0.416 e. The molecule has 0 saturated carbocycles. The summed E-state index contributed by atoms with van der Waals surface area (Å²) < 4.78 is 45.0. The van der Waals surface area contributed by atoms with Crippen molar-refractivity contribution in [3.63, 3.8) is 0 Å². The van der Waals surface area contributed by atoms with Crippen LogP contribution in [0.5, 0.6) is 0 Å². The Kier molecular flexibility index (Phi) is 4.26.